The number of hydrogen-bond donors (Lipinski definition) is 1. The molecular formula is C13H19NO3S. The number of aryl methyl sites for hydroxylation is 1. The predicted molar refractivity (Wildman–Crippen MR) is 71.9 cm³/mol. The molecule has 1 aromatic rings. The summed E-state index contributed by atoms with van der Waals surface area (Å²) in [6.07, 6.45) is 0. The highest BCUT2D eigenvalue weighted by atomic mass is 32.2. The highest BCUT2D eigenvalue weighted by Gasteiger charge is 2.25. The second kappa shape index (κ2) is 6.00. The van der Waals surface area contributed by atoms with E-state index in [0.717, 1.165) is 11.1 Å². The summed E-state index contributed by atoms with van der Waals surface area (Å²) >= 11 is 0. The second-order valence-corrected chi connectivity index (χ2v) is 6.85. The molecule has 5 heteroatoms. The molecule has 18 heavy (non-hydrogen) atoms. The maximum Gasteiger partial charge on any atom is 0.238 e. The fourth-order valence-corrected chi connectivity index (χ4v) is 2.46. The third-order valence-corrected chi connectivity index (χ3v) is 5.12. The highest BCUT2D eigenvalue weighted by molar-refractivity contribution is 7.92. The largest absolute Gasteiger partial charge is 0.351 e. The number of rotatable bonds is 5. The Balaban J connectivity index is 2.65. The van der Waals surface area contributed by atoms with Crippen molar-refractivity contribution >= 4 is 15.7 Å². The van der Waals surface area contributed by atoms with Crippen LogP contribution in [0.15, 0.2) is 24.3 Å². The van der Waals surface area contributed by atoms with Crippen LogP contribution in [0.5, 0.6) is 0 Å². The molecule has 1 aromatic carbocycles. The van der Waals surface area contributed by atoms with Crippen LogP contribution in [0.2, 0.25) is 0 Å². The number of carbonyl (C=O) groups is 1. The van der Waals surface area contributed by atoms with Gasteiger partial charge >= 0.3 is 0 Å². The van der Waals surface area contributed by atoms with Crippen LogP contribution in [0.1, 0.15) is 25.0 Å². The zero-order chi connectivity index (χ0) is 13.8. The molecule has 0 saturated carbocycles. The van der Waals surface area contributed by atoms with Crippen molar-refractivity contribution in [2.45, 2.75) is 32.6 Å². The number of sulfone groups is 1. The number of amides is 1. The fraction of sp³-hybridized carbons (Fsp3) is 0.462. The zero-order valence-corrected chi connectivity index (χ0v) is 11.8. The Morgan fingerprint density at radius 3 is 2.50 bits per heavy atom. The smallest absolute Gasteiger partial charge is 0.238 e. The van der Waals surface area contributed by atoms with E-state index < -0.39 is 21.0 Å². The summed E-state index contributed by atoms with van der Waals surface area (Å²) in [7, 11) is -3.32. The van der Waals surface area contributed by atoms with E-state index in [4.69, 9.17) is 0 Å². The summed E-state index contributed by atoms with van der Waals surface area (Å²) in [5.74, 6) is -0.466. The summed E-state index contributed by atoms with van der Waals surface area (Å²) in [4.78, 5) is 11.7. The average molecular weight is 269 g/mol. The van der Waals surface area contributed by atoms with E-state index in [1.54, 1.807) is 6.92 Å². The van der Waals surface area contributed by atoms with Crippen molar-refractivity contribution in [2.24, 2.45) is 0 Å². The van der Waals surface area contributed by atoms with Gasteiger partial charge in [0.1, 0.15) is 5.25 Å². The number of nitrogens with one attached hydrogen (secondary N) is 1. The van der Waals surface area contributed by atoms with Crippen molar-refractivity contribution in [1.82, 2.24) is 5.32 Å². The SMILES string of the molecule is CCS(=O)(=O)C(C)C(=O)NCc1ccccc1C. The van der Waals surface area contributed by atoms with E-state index in [2.05, 4.69) is 5.32 Å². The molecular weight excluding hydrogens is 250 g/mol. The van der Waals surface area contributed by atoms with Crippen molar-refractivity contribution in [3.8, 4) is 0 Å². The summed E-state index contributed by atoms with van der Waals surface area (Å²) in [5, 5.41) is 1.67. The summed E-state index contributed by atoms with van der Waals surface area (Å²) in [5.41, 5.74) is 2.07. The summed E-state index contributed by atoms with van der Waals surface area (Å²) in [6, 6.07) is 7.67. The van der Waals surface area contributed by atoms with Crippen molar-refractivity contribution in [1.29, 1.82) is 0 Å². The van der Waals surface area contributed by atoms with Crippen LogP contribution >= 0.6 is 0 Å². The van der Waals surface area contributed by atoms with Gasteiger partial charge in [0.05, 0.1) is 0 Å². The van der Waals surface area contributed by atoms with Gasteiger partial charge in [-0.1, -0.05) is 31.2 Å². The Labute approximate surface area is 108 Å². The molecule has 1 atom stereocenters. The Kier molecular flexibility index (Phi) is 4.90. The van der Waals surface area contributed by atoms with Gasteiger partial charge < -0.3 is 5.32 Å². The lowest BCUT2D eigenvalue weighted by Gasteiger charge is -2.13. The van der Waals surface area contributed by atoms with Gasteiger partial charge in [0.2, 0.25) is 5.91 Å². The van der Waals surface area contributed by atoms with E-state index >= 15 is 0 Å². The van der Waals surface area contributed by atoms with E-state index in [1.807, 2.05) is 31.2 Å². The minimum Gasteiger partial charge on any atom is -0.351 e. The Morgan fingerprint density at radius 1 is 1.33 bits per heavy atom. The van der Waals surface area contributed by atoms with Crippen LogP contribution in [0, 0.1) is 6.92 Å². The second-order valence-electron chi connectivity index (χ2n) is 4.24. The molecule has 1 rings (SSSR count). The topological polar surface area (TPSA) is 63.2 Å². The quantitative estimate of drug-likeness (QED) is 0.879. The van der Waals surface area contributed by atoms with Crippen LogP contribution in [-0.4, -0.2) is 25.3 Å². The molecule has 0 aliphatic heterocycles. The molecule has 4 nitrogen and oxygen atoms in total. The van der Waals surface area contributed by atoms with Gasteiger partial charge in [-0.25, -0.2) is 8.42 Å². The summed E-state index contributed by atoms with van der Waals surface area (Å²) < 4.78 is 23.1. The van der Waals surface area contributed by atoms with Gasteiger partial charge in [-0.15, -0.1) is 0 Å². The van der Waals surface area contributed by atoms with E-state index in [9.17, 15) is 13.2 Å². The third-order valence-electron chi connectivity index (χ3n) is 3.02. The first-order valence-corrected chi connectivity index (χ1v) is 7.63. The first-order valence-electron chi connectivity index (χ1n) is 5.92. The zero-order valence-electron chi connectivity index (χ0n) is 10.9. The monoisotopic (exact) mass is 269 g/mol. The predicted octanol–water partition coefficient (Wildman–Crippen LogP) is 1.43. The van der Waals surface area contributed by atoms with Gasteiger partial charge in [0, 0.05) is 12.3 Å². The van der Waals surface area contributed by atoms with E-state index in [0.29, 0.717) is 6.54 Å². The molecule has 1 amide bonds. The summed E-state index contributed by atoms with van der Waals surface area (Å²) in [6.45, 7) is 5.27. The Bertz CT molecular complexity index is 523. The first-order chi connectivity index (χ1) is 8.38. The molecule has 0 radical (unpaired) electrons. The molecule has 0 spiro atoms. The Morgan fingerprint density at radius 2 is 1.94 bits per heavy atom. The van der Waals surface area contributed by atoms with Gasteiger partial charge in [-0.3, -0.25) is 4.79 Å². The molecule has 1 unspecified atom stereocenters. The molecule has 0 fully saturated rings. The van der Waals surface area contributed by atoms with E-state index in [-0.39, 0.29) is 5.75 Å². The van der Waals surface area contributed by atoms with Crippen molar-refractivity contribution in [3.05, 3.63) is 35.4 Å². The highest BCUT2D eigenvalue weighted by Crippen LogP contribution is 2.07. The van der Waals surface area contributed by atoms with Gasteiger partial charge in [-0.2, -0.15) is 0 Å². The van der Waals surface area contributed by atoms with Crippen LogP contribution in [0.4, 0.5) is 0 Å². The Hall–Kier alpha value is -1.36. The van der Waals surface area contributed by atoms with Crippen molar-refractivity contribution in [2.75, 3.05) is 5.75 Å². The molecule has 1 N–H and O–H groups in total. The normalized spacial score (nSPS) is 13.1. The van der Waals surface area contributed by atoms with Gasteiger partial charge in [0.25, 0.3) is 0 Å². The molecule has 0 bridgehead atoms. The lowest BCUT2D eigenvalue weighted by molar-refractivity contribution is -0.120. The maximum atomic E-state index is 11.7. The molecule has 0 aromatic heterocycles. The lowest BCUT2D eigenvalue weighted by Crippen LogP contribution is -2.38. The fourth-order valence-electron chi connectivity index (χ4n) is 1.55. The molecule has 100 valence electrons. The number of hydrogen-bond acceptors (Lipinski definition) is 3. The molecule has 0 aliphatic rings. The van der Waals surface area contributed by atoms with Crippen LogP contribution in [-0.2, 0) is 21.2 Å². The van der Waals surface area contributed by atoms with Crippen LogP contribution < -0.4 is 5.32 Å². The van der Waals surface area contributed by atoms with Crippen molar-refractivity contribution in [3.63, 3.8) is 0 Å². The number of carbonyl (C=O) groups excluding carboxylic acids is 1. The molecule has 0 heterocycles. The first kappa shape index (κ1) is 14.7. The minimum absolute atomic E-state index is 0.0219. The van der Waals surface area contributed by atoms with Gasteiger partial charge in [-0.05, 0) is 25.0 Å². The van der Waals surface area contributed by atoms with E-state index in [1.165, 1.54) is 6.92 Å². The maximum absolute atomic E-state index is 11.7. The standard InChI is InChI=1S/C13H19NO3S/c1-4-18(16,17)11(3)13(15)14-9-12-8-6-5-7-10(12)2/h5-8,11H,4,9H2,1-3H3,(H,14,15). The lowest BCUT2D eigenvalue weighted by atomic mass is 10.1. The third kappa shape index (κ3) is 3.57. The van der Waals surface area contributed by atoms with Crippen molar-refractivity contribution < 1.29 is 13.2 Å². The van der Waals surface area contributed by atoms with Crippen LogP contribution in [0.25, 0.3) is 0 Å². The molecule has 0 aliphatic carbocycles. The van der Waals surface area contributed by atoms with Gasteiger partial charge in [0.15, 0.2) is 9.84 Å². The number of benzene rings is 1. The van der Waals surface area contributed by atoms with Crippen LogP contribution in [0.3, 0.4) is 0 Å². The minimum atomic E-state index is -3.32. The average Bonchev–Trinajstić information content (AvgIpc) is 2.36. The molecule has 0 saturated heterocycles.